The Kier molecular flexibility index (Phi) is 13.7. The lowest BCUT2D eigenvalue weighted by Crippen LogP contribution is -2.40. The van der Waals surface area contributed by atoms with Gasteiger partial charge in [-0.1, -0.05) is 76.8 Å². The van der Waals surface area contributed by atoms with E-state index in [-0.39, 0.29) is 0 Å². The van der Waals surface area contributed by atoms with E-state index in [1.165, 1.54) is 51.4 Å². The number of nitrogens with one attached hydrogen (secondary N) is 2. The second-order valence-corrected chi connectivity index (χ2v) is 7.29. The predicted octanol–water partition coefficient (Wildman–Crippen LogP) is 4.39. The fourth-order valence-corrected chi connectivity index (χ4v) is 3.09. The molecule has 0 radical (unpaired) electrons. The van der Waals surface area contributed by atoms with Crippen LogP contribution in [0.2, 0.25) is 0 Å². The molecule has 1 aromatic carbocycles. The van der Waals surface area contributed by atoms with Crippen LogP contribution in [-0.4, -0.2) is 32.0 Å². The van der Waals surface area contributed by atoms with E-state index in [2.05, 4.69) is 17.6 Å². The van der Waals surface area contributed by atoms with Gasteiger partial charge >= 0.3 is 11.8 Å². The molecule has 1 aromatic rings. The molecule has 0 aromatic heterocycles. The summed E-state index contributed by atoms with van der Waals surface area (Å²) < 4.78 is 5.11. The SMILES string of the molecule is CCCCCCCCCCCCNC(=O)C(=O)NCCc1ccc(OC)cc1. The van der Waals surface area contributed by atoms with Crippen molar-refractivity contribution in [2.45, 2.75) is 77.6 Å². The lowest BCUT2D eigenvalue weighted by molar-refractivity contribution is -0.139. The van der Waals surface area contributed by atoms with Crippen LogP contribution < -0.4 is 15.4 Å². The predicted molar refractivity (Wildman–Crippen MR) is 115 cm³/mol. The number of methoxy groups -OCH3 is 1. The van der Waals surface area contributed by atoms with Crippen molar-refractivity contribution >= 4 is 11.8 Å². The average molecular weight is 391 g/mol. The zero-order valence-electron chi connectivity index (χ0n) is 17.7. The Morgan fingerprint density at radius 2 is 1.25 bits per heavy atom. The molecule has 0 unspecified atom stereocenters. The summed E-state index contributed by atoms with van der Waals surface area (Å²) in [6.07, 6.45) is 13.2. The molecule has 0 atom stereocenters. The topological polar surface area (TPSA) is 67.4 Å². The summed E-state index contributed by atoms with van der Waals surface area (Å²) in [5.41, 5.74) is 1.09. The first kappa shape index (κ1) is 24.0. The number of rotatable bonds is 15. The van der Waals surface area contributed by atoms with Gasteiger partial charge in [0.15, 0.2) is 0 Å². The molecule has 2 N–H and O–H groups in total. The second-order valence-electron chi connectivity index (χ2n) is 7.29. The van der Waals surface area contributed by atoms with Crippen molar-refractivity contribution in [2.75, 3.05) is 20.2 Å². The van der Waals surface area contributed by atoms with Crippen LogP contribution in [-0.2, 0) is 16.0 Å². The first-order valence-corrected chi connectivity index (χ1v) is 10.9. The standard InChI is InChI=1S/C23H38N2O3/c1-3-4-5-6-7-8-9-10-11-12-18-24-22(26)23(27)25-19-17-20-13-15-21(28-2)16-14-20/h13-16H,3-12,17-19H2,1-2H3,(H,24,26)(H,25,27). The fourth-order valence-electron chi connectivity index (χ4n) is 3.09. The van der Waals surface area contributed by atoms with Gasteiger partial charge in [-0.3, -0.25) is 9.59 Å². The highest BCUT2D eigenvalue weighted by atomic mass is 16.5. The molecular weight excluding hydrogens is 352 g/mol. The number of ether oxygens (including phenoxy) is 1. The van der Waals surface area contributed by atoms with E-state index in [9.17, 15) is 9.59 Å². The van der Waals surface area contributed by atoms with Gasteiger partial charge in [0.1, 0.15) is 5.75 Å². The summed E-state index contributed by atoms with van der Waals surface area (Å²) >= 11 is 0. The number of amides is 2. The molecule has 0 aliphatic carbocycles. The minimum atomic E-state index is -0.555. The first-order chi connectivity index (χ1) is 13.7. The third kappa shape index (κ3) is 11.6. The van der Waals surface area contributed by atoms with Gasteiger partial charge in [-0.05, 0) is 30.5 Å². The quantitative estimate of drug-likeness (QED) is 0.345. The molecule has 0 fully saturated rings. The highest BCUT2D eigenvalue weighted by Crippen LogP contribution is 2.11. The van der Waals surface area contributed by atoms with Gasteiger partial charge in [0, 0.05) is 13.1 Å². The molecule has 1 rings (SSSR count). The molecule has 0 aliphatic heterocycles. The van der Waals surface area contributed by atoms with Crippen LogP contribution in [0.4, 0.5) is 0 Å². The van der Waals surface area contributed by atoms with E-state index in [1.54, 1.807) is 7.11 Å². The molecule has 5 nitrogen and oxygen atoms in total. The van der Waals surface area contributed by atoms with Gasteiger partial charge in [-0.25, -0.2) is 0 Å². The molecule has 0 bridgehead atoms. The highest BCUT2D eigenvalue weighted by molar-refractivity contribution is 6.35. The van der Waals surface area contributed by atoms with Crippen molar-refractivity contribution in [1.29, 1.82) is 0 Å². The molecule has 0 heterocycles. The Morgan fingerprint density at radius 1 is 0.750 bits per heavy atom. The van der Waals surface area contributed by atoms with Crippen molar-refractivity contribution in [3.8, 4) is 5.75 Å². The van der Waals surface area contributed by atoms with Crippen LogP contribution in [0.15, 0.2) is 24.3 Å². The Balaban J connectivity index is 1.97. The summed E-state index contributed by atoms with van der Waals surface area (Å²) in [6.45, 7) is 3.25. The van der Waals surface area contributed by atoms with Crippen LogP contribution in [0.25, 0.3) is 0 Å². The van der Waals surface area contributed by atoms with E-state index >= 15 is 0 Å². The average Bonchev–Trinajstić information content (AvgIpc) is 2.72. The Morgan fingerprint density at radius 3 is 1.79 bits per heavy atom. The van der Waals surface area contributed by atoms with Crippen molar-refractivity contribution < 1.29 is 14.3 Å². The van der Waals surface area contributed by atoms with E-state index in [0.29, 0.717) is 19.5 Å². The summed E-state index contributed by atoms with van der Waals surface area (Å²) in [5.74, 6) is -0.287. The lowest BCUT2D eigenvalue weighted by Gasteiger charge is -2.07. The van der Waals surface area contributed by atoms with Gasteiger partial charge in [-0.15, -0.1) is 0 Å². The zero-order valence-corrected chi connectivity index (χ0v) is 17.7. The van der Waals surface area contributed by atoms with Crippen LogP contribution >= 0.6 is 0 Å². The van der Waals surface area contributed by atoms with Crippen LogP contribution in [0.5, 0.6) is 5.75 Å². The second kappa shape index (κ2) is 16.0. The molecule has 0 spiro atoms. The Labute approximate surface area is 170 Å². The van der Waals surface area contributed by atoms with Gasteiger partial charge in [0.25, 0.3) is 0 Å². The van der Waals surface area contributed by atoms with Gasteiger partial charge in [-0.2, -0.15) is 0 Å². The lowest BCUT2D eigenvalue weighted by atomic mass is 10.1. The molecule has 0 saturated heterocycles. The van der Waals surface area contributed by atoms with Crippen LogP contribution in [0, 0.1) is 0 Å². The fraction of sp³-hybridized carbons (Fsp3) is 0.652. The maximum atomic E-state index is 11.8. The third-order valence-electron chi connectivity index (χ3n) is 4.88. The van der Waals surface area contributed by atoms with Crippen molar-refractivity contribution in [3.63, 3.8) is 0 Å². The number of unbranched alkanes of at least 4 members (excludes halogenated alkanes) is 9. The third-order valence-corrected chi connectivity index (χ3v) is 4.88. The van der Waals surface area contributed by atoms with Crippen molar-refractivity contribution in [3.05, 3.63) is 29.8 Å². The highest BCUT2D eigenvalue weighted by Gasteiger charge is 2.11. The van der Waals surface area contributed by atoms with Gasteiger partial charge in [0.05, 0.1) is 7.11 Å². The van der Waals surface area contributed by atoms with E-state index in [1.807, 2.05) is 24.3 Å². The largest absolute Gasteiger partial charge is 0.497 e. The number of hydrogen-bond acceptors (Lipinski definition) is 3. The van der Waals surface area contributed by atoms with Crippen LogP contribution in [0.3, 0.4) is 0 Å². The molecule has 0 saturated carbocycles. The molecular formula is C23H38N2O3. The van der Waals surface area contributed by atoms with Crippen LogP contribution in [0.1, 0.15) is 76.7 Å². The monoisotopic (exact) mass is 390 g/mol. The minimum absolute atomic E-state index is 0.441. The van der Waals surface area contributed by atoms with Gasteiger partial charge < -0.3 is 15.4 Å². The zero-order chi connectivity index (χ0) is 20.5. The normalized spacial score (nSPS) is 10.5. The number of carbonyl (C=O) groups is 2. The summed E-state index contributed by atoms with van der Waals surface area (Å²) in [6, 6.07) is 7.68. The van der Waals surface area contributed by atoms with Gasteiger partial charge in [0.2, 0.25) is 0 Å². The number of carbonyl (C=O) groups excluding carboxylic acids is 2. The summed E-state index contributed by atoms with van der Waals surface area (Å²) in [4.78, 5) is 23.6. The van der Waals surface area contributed by atoms with Crippen molar-refractivity contribution in [2.24, 2.45) is 0 Å². The molecule has 5 heteroatoms. The first-order valence-electron chi connectivity index (χ1n) is 10.9. The number of hydrogen-bond donors (Lipinski definition) is 2. The summed E-state index contributed by atoms with van der Waals surface area (Å²) in [5, 5.41) is 5.37. The van der Waals surface area contributed by atoms with E-state index in [4.69, 9.17) is 4.74 Å². The molecule has 28 heavy (non-hydrogen) atoms. The molecule has 0 aliphatic rings. The molecule has 2 amide bonds. The maximum Gasteiger partial charge on any atom is 0.309 e. The Bertz CT molecular complexity index is 543. The Hall–Kier alpha value is -2.04. The van der Waals surface area contributed by atoms with Crippen molar-refractivity contribution in [1.82, 2.24) is 10.6 Å². The smallest absolute Gasteiger partial charge is 0.309 e. The molecule has 158 valence electrons. The summed E-state index contributed by atoms with van der Waals surface area (Å²) in [7, 11) is 1.63. The minimum Gasteiger partial charge on any atom is -0.497 e. The maximum absolute atomic E-state index is 11.8. The van der Waals surface area contributed by atoms with E-state index in [0.717, 1.165) is 24.2 Å². The van der Waals surface area contributed by atoms with E-state index < -0.39 is 11.8 Å². The number of benzene rings is 1.